The van der Waals surface area contributed by atoms with Gasteiger partial charge in [0.15, 0.2) is 24.0 Å². The molecule has 0 aromatic heterocycles. The van der Waals surface area contributed by atoms with Crippen molar-refractivity contribution in [3.05, 3.63) is 29.3 Å². The molecule has 5 nitrogen and oxygen atoms in total. The van der Waals surface area contributed by atoms with Crippen LogP contribution in [0.4, 0.5) is 8.78 Å². The van der Waals surface area contributed by atoms with Gasteiger partial charge in [0.25, 0.3) is 5.91 Å². The van der Waals surface area contributed by atoms with E-state index in [-0.39, 0.29) is 6.54 Å². The Labute approximate surface area is 116 Å². The van der Waals surface area contributed by atoms with E-state index in [0.717, 1.165) is 12.1 Å². The van der Waals surface area contributed by atoms with Crippen molar-refractivity contribution in [2.24, 2.45) is 5.73 Å². The van der Waals surface area contributed by atoms with Crippen LogP contribution in [0.5, 0.6) is 5.75 Å². The number of nitrogens with two attached hydrogens (primary N) is 1. The highest BCUT2D eigenvalue weighted by Crippen LogP contribution is 2.23. The molecule has 0 aliphatic carbocycles. The zero-order chi connectivity index (χ0) is 15.0. The Morgan fingerprint density at radius 1 is 1.35 bits per heavy atom. The molecule has 0 spiro atoms. The number of methoxy groups -OCH3 is 1. The molecule has 0 fully saturated rings. The van der Waals surface area contributed by atoms with Gasteiger partial charge in [-0.15, -0.1) is 0 Å². The first-order chi connectivity index (χ1) is 9.58. The summed E-state index contributed by atoms with van der Waals surface area (Å²) in [6.07, 6.45) is 0.649. The van der Waals surface area contributed by atoms with Gasteiger partial charge in [-0.2, -0.15) is 0 Å². The van der Waals surface area contributed by atoms with Crippen LogP contribution in [0.25, 0.3) is 0 Å². The number of hydrogen-bond donors (Lipinski definition) is 2. The smallest absolute Gasteiger partial charge is 0.257 e. The first kappa shape index (κ1) is 16.3. The second-order valence-electron chi connectivity index (χ2n) is 4.08. The number of carbonyl (C=O) groups is 1. The standard InChI is InChI=1S/C13H18F2N2O3/c1-19-4-2-3-17-12(18)8-20-13-10(14)5-9(7-16)6-11(13)15/h5-6H,2-4,7-8,16H2,1H3,(H,17,18). The fraction of sp³-hybridized carbons (Fsp3) is 0.462. The van der Waals surface area contributed by atoms with E-state index in [0.29, 0.717) is 25.1 Å². The summed E-state index contributed by atoms with van der Waals surface area (Å²) >= 11 is 0. The second-order valence-corrected chi connectivity index (χ2v) is 4.08. The molecule has 1 amide bonds. The van der Waals surface area contributed by atoms with Gasteiger partial charge in [0.1, 0.15) is 0 Å². The summed E-state index contributed by atoms with van der Waals surface area (Å²) in [7, 11) is 1.56. The highest BCUT2D eigenvalue weighted by atomic mass is 19.1. The van der Waals surface area contributed by atoms with E-state index >= 15 is 0 Å². The molecule has 0 saturated heterocycles. The van der Waals surface area contributed by atoms with Gasteiger partial charge in [0.05, 0.1) is 0 Å². The third-order valence-electron chi connectivity index (χ3n) is 2.49. The SMILES string of the molecule is COCCCNC(=O)COc1c(F)cc(CN)cc1F. The minimum absolute atomic E-state index is 0.0219. The molecule has 20 heavy (non-hydrogen) atoms. The maximum Gasteiger partial charge on any atom is 0.257 e. The van der Waals surface area contributed by atoms with Crippen molar-refractivity contribution in [3.8, 4) is 5.75 Å². The van der Waals surface area contributed by atoms with Crippen LogP contribution in [-0.4, -0.2) is 32.8 Å². The number of amides is 1. The Balaban J connectivity index is 2.47. The first-order valence-corrected chi connectivity index (χ1v) is 6.15. The van der Waals surface area contributed by atoms with Crippen LogP contribution in [0.15, 0.2) is 12.1 Å². The molecule has 0 radical (unpaired) electrons. The molecule has 0 saturated carbocycles. The predicted octanol–water partition coefficient (Wildman–Crippen LogP) is 0.955. The fourth-order valence-electron chi connectivity index (χ4n) is 1.50. The maximum absolute atomic E-state index is 13.5. The highest BCUT2D eigenvalue weighted by Gasteiger charge is 2.13. The van der Waals surface area contributed by atoms with Crippen molar-refractivity contribution >= 4 is 5.91 Å². The molecular formula is C13H18F2N2O3. The summed E-state index contributed by atoms with van der Waals surface area (Å²) in [6, 6.07) is 2.16. The van der Waals surface area contributed by atoms with Crippen molar-refractivity contribution < 1.29 is 23.0 Å². The molecular weight excluding hydrogens is 270 g/mol. The molecule has 1 aromatic rings. The Kier molecular flexibility index (Phi) is 6.89. The van der Waals surface area contributed by atoms with Gasteiger partial charge in [-0.05, 0) is 24.1 Å². The zero-order valence-corrected chi connectivity index (χ0v) is 11.2. The minimum Gasteiger partial charge on any atom is -0.478 e. The van der Waals surface area contributed by atoms with Gasteiger partial charge in [0, 0.05) is 26.8 Å². The maximum atomic E-state index is 13.5. The third kappa shape index (κ3) is 5.10. The molecule has 0 bridgehead atoms. The molecule has 0 heterocycles. The first-order valence-electron chi connectivity index (χ1n) is 6.15. The molecule has 0 unspecified atom stereocenters. The number of rotatable bonds is 8. The third-order valence-corrected chi connectivity index (χ3v) is 2.49. The average molecular weight is 288 g/mol. The van der Waals surface area contributed by atoms with Crippen LogP contribution in [0.2, 0.25) is 0 Å². The number of halogens is 2. The minimum atomic E-state index is -0.877. The van der Waals surface area contributed by atoms with Crippen molar-refractivity contribution in [2.75, 3.05) is 26.9 Å². The Morgan fingerprint density at radius 2 is 2.00 bits per heavy atom. The monoisotopic (exact) mass is 288 g/mol. The number of nitrogens with one attached hydrogen (secondary N) is 1. The highest BCUT2D eigenvalue weighted by molar-refractivity contribution is 5.77. The summed E-state index contributed by atoms with van der Waals surface area (Å²) in [4.78, 5) is 11.4. The number of carbonyl (C=O) groups excluding carboxylic acids is 1. The Hall–Kier alpha value is -1.73. The van der Waals surface area contributed by atoms with Gasteiger partial charge in [-0.3, -0.25) is 4.79 Å². The average Bonchev–Trinajstić information content (AvgIpc) is 2.42. The van der Waals surface area contributed by atoms with E-state index in [1.165, 1.54) is 0 Å². The molecule has 0 aliphatic heterocycles. The summed E-state index contributed by atoms with van der Waals surface area (Å²) < 4.78 is 36.7. The van der Waals surface area contributed by atoms with Crippen molar-refractivity contribution in [2.45, 2.75) is 13.0 Å². The Morgan fingerprint density at radius 3 is 2.55 bits per heavy atom. The van der Waals surface area contributed by atoms with E-state index < -0.39 is 29.9 Å². The van der Waals surface area contributed by atoms with Gasteiger partial charge >= 0.3 is 0 Å². The van der Waals surface area contributed by atoms with E-state index in [2.05, 4.69) is 5.32 Å². The summed E-state index contributed by atoms with van der Waals surface area (Å²) in [5, 5.41) is 2.54. The van der Waals surface area contributed by atoms with Crippen molar-refractivity contribution in [3.63, 3.8) is 0 Å². The molecule has 7 heteroatoms. The fourth-order valence-corrected chi connectivity index (χ4v) is 1.50. The van der Waals surface area contributed by atoms with Gasteiger partial charge in [-0.1, -0.05) is 0 Å². The number of benzene rings is 1. The van der Waals surface area contributed by atoms with E-state index in [4.69, 9.17) is 15.2 Å². The largest absolute Gasteiger partial charge is 0.478 e. The normalized spacial score (nSPS) is 10.4. The van der Waals surface area contributed by atoms with Gasteiger partial charge < -0.3 is 20.5 Å². The Bertz CT molecular complexity index is 432. The van der Waals surface area contributed by atoms with Gasteiger partial charge in [-0.25, -0.2) is 8.78 Å². The molecule has 1 rings (SSSR count). The van der Waals surface area contributed by atoms with Crippen LogP contribution in [0, 0.1) is 11.6 Å². The summed E-state index contributed by atoms with van der Waals surface area (Å²) in [5.41, 5.74) is 5.61. The molecule has 0 atom stereocenters. The van der Waals surface area contributed by atoms with E-state index in [1.807, 2.05) is 0 Å². The van der Waals surface area contributed by atoms with Crippen molar-refractivity contribution in [1.29, 1.82) is 0 Å². The molecule has 112 valence electrons. The lowest BCUT2D eigenvalue weighted by molar-refractivity contribution is -0.123. The predicted molar refractivity (Wildman–Crippen MR) is 69.2 cm³/mol. The van der Waals surface area contributed by atoms with Crippen LogP contribution in [0.3, 0.4) is 0 Å². The quantitative estimate of drug-likeness (QED) is 0.699. The van der Waals surface area contributed by atoms with Crippen LogP contribution >= 0.6 is 0 Å². The molecule has 1 aromatic carbocycles. The van der Waals surface area contributed by atoms with Crippen molar-refractivity contribution in [1.82, 2.24) is 5.32 Å². The van der Waals surface area contributed by atoms with E-state index in [1.54, 1.807) is 7.11 Å². The summed E-state index contributed by atoms with van der Waals surface area (Å²) in [5.74, 6) is -2.78. The second kappa shape index (κ2) is 8.44. The number of ether oxygens (including phenoxy) is 2. The van der Waals surface area contributed by atoms with Crippen LogP contribution in [0.1, 0.15) is 12.0 Å². The molecule has 3 N–H and O–H groups in total. The van der Waals surface area contributed by atoms with Gasteiger partial charge in [0.2, 0.25) is 0 Å². The number of hydrogen-bond acceptors (Lipinski definition) is 4. The van der Waals surface area contributed by atoms with Crippen LogP contribution < -0.4 is 15.8 Å². The lowest BCUT2D eigenvalue weighted by Crippen LogP contribution is -2.30. The van der Waals surface area contributed by atoms with Crippen LogP contribution in [-0.2, 0) is 16.1 Å². The summed E-state index contributed by atoms with van der Waals surface area (Å²) in [6.45, 7) is 0.495. The lowest BCUT2D eigenvalue weighted by Gasteiger charge is -2.10. The zero-order valence-electron chi connectivity index (χ0n) is 11.2. The topological polar surface area (TPSA) is 73.6 Å². The molecule has 0 aliphatic rings. The lowest BCUT2D eigenvalue weighted by atomic mass is 10.2. The van der Waals surface area contributed by atoms with E-state index in [9.17, 15) is 13.6 Å².